The van der Waals surface area contributed by atoms with Gasteiger partial charge in [-0.2, -0.15) is 13.2 Å². The topological polar surface area (TPSA) is 72.1 Å². The molecule has 0 aliphatic heterocycles. The number of ether oxygens (including phenoxy) is 1. The minimum Gasteiger partial charge on any atom is -0.462 e. The summed E-state index contributed by atoms with van der Waals surface area (Å²) >= 11 is 0. The second-order valence-electron chi connectivity index (χ2n) is 9.01. The fourth-order valence-electron chi connectivity index (χ4n) is 4.85. The van der Waals surface area contributed by atoms with Gasteiger partial charge in [-0.3, -0.25) is 9.78 Å². The lowest BCUT2D eigenvalue weighted by molar-refractivity contribution is -0.0876. The van der Waals surface area contributed by atoms with Crippen molar-refractivity contribution < 1.29 is 31.5 Å². The largest absolute Gasteiger partial charge is 0.462 e. The highest BCUT2D eigenvalue weighted by Gasteiger charge is 2.46. The lowest BCUT2D eigenvalue weighted by Gasteiger charge is -2.35. The highest BCUT2D eigenvalue weighted by Crippen LogP contribution is 2.49. The van der Waals surface area contributed by atoms with Crippen molar-refractivity contribution in [2.75, 3.05) is 6.61 Å². The molecule has 2 aliphatic rings. The van der Waals surface area contributed by atoms with Crippen LogP contribution in [0.25, 0.3) is 11.3 Å². The van der Waals surface area contributed by atoms with E-state index in [-0.39, 0.29) is 30.9 Å². The number of nitrogens with zero attached hydrogens (tertiary/aromatic N) is 1. The monoisotopic (exact) mass is 500 g/mol. The Bertz CT molecular complexity index is 1090. The second-order valence-corrected chi connectivity index (χ2v) is 9.01. The first-order valence-corrected chi connectivity index (χ1v) is 11.7. The van der Waals surface area contributed by atoms with E-state index >= 15 is 0 Å². The van der Waals surface area contributed by atoms with E-state index < -0.39 is 24.0 Å². The first kappa shape index (κ1) is 26.8. The Hall–Kier alpha value is -2.78. The van der Waals surface area contributed by atoms with Crippen LogP contribution in [0.5, 0.6) is 0 Å². The van der Waals surface area contributed by atoms with Crippen LogP contribution in [0.3, 0.4) is 0 Å². The Kier molecular flexibility index (Phi) is 8.66. The Morgan fingerprint density at radius 1 is 1.14 bits per heavy atom. The van der Waals surface area contributed by atoms with Crippen molar-refractivity contribution in [2.24, 2.45) is 0 Å². The number of hydrogen-bond donors (Lipinski definition) is 1. The molecule has 0 unspecified atom stereocenters. The number of aromatic nitrogens is 2. The third-order valence-corrected chi connectivity index (χ3v) is 6.50. The molecule has 35 heavy (non-hydrogen) atoms. The summed E-state index contributed by atoms with van der Waals surface area (Å²) in [5.41, 5.74) is 3.20. The van der Waals surface area contributed by atoms with Crippen LogP contribution in [0.15, 0.2) is 23.1 Å². The lowest BCUT2D eigenvalue weighted by atomic mass is 9.76. The van der Waals surface area contributed by atoms with Crippen LogP contribution in [0, 0.1) is 6.92 Å². The Morgan fingerprint density at radius 3 is 2.31 bits per heavy atom. The fraction of sp³-hybridized carbons (Fsp3) is 0.560. The van der Waals surface area contributed by atoms with Gasteiger partial charge in [-0.25, -0.2) is 13.6 Å². The number of alkyl halides is 5. The smallest absolute Gasteiger partial charge is 0.379 e. The number of H-pyrrole nitrogens is 1. The molecule has 5 nitrogen and oxygen atoms in total. The molecule has 0 atom stereocenters. The van der Waals surface area contributed by atoms with Crippen LogP contribution >= 0.6 is 0 Å². The molecule has 2 aliphatic carbocycles. The van der Waals surface area contributed by atoms with E-state index in [1.54, 1.807) is 20.0 Å². The highest BCUT2D eigenvalue weighted by atomic mass is 19.4. The van der Waals surface area contributed by atoms with Crippen LogP contribution < -0.4 is 5.43 Å². The third kappa shape index (κ3) is 6.67. The molecule has 0 aromatic carbocycles. The molecule has 0 saturated heterocycles. The molecule has 0 radical (unpaired) electrons. The van der Waals surface area contributed by atoms with Gasteiger partial charge >= 0.3 is 12.6 Å². The summed E-state index contributed by atoms with van der Waals surface area (Å²) in [5, 5.41) is 0. The van der Waals surface area contributed by atoms with Gasteiger partial charge in [0.05, 0.1) is 12.3 Å². The molecule has 2 fully saturated rings. The third-order valence-electron chi connectivity index (χ3n) is 6.50. The maximum Gasteiger partial charge on any atom is 0.379 e. The van der Waals surface area contributed by atoms with Crippen molar-refractivity contribution in [1.29, 1.82) is 0 Å². The van der Waals surface area contributed by atoms with E-state index in [9.17, 15) is 31.5 Å². The molecular weight excluding hydrogens is 471 g/mol. The SMILES string of the molecule is CCOC(=O)c1c(C)[nH]c(-c2cnc(C3CC(F)(F)C3)cc2C2CCCCC2)cc1=O.FC(F)F. The van der Waals surface area contributed by atoms with Gasteiger partial charge in [0, 0.05) is 48.0 Å². The number of nitrogens with one attached hydrogen (secondary N) is 1. The zero-order valence-corrected chi connectivity index (χ0v) is 19.7. The molecule has 0 bridgehead atoms. The molecular formula is C25H29F5N2O3. The van der Waals surface area contributed by atoms with Crippen molar-refractivity contribution in [2.45, 2.75) is 83.2 Å². The van der Waals surface area contributed by atoms with Gasteiger partial charge in [0.2, 0.25) is 5.92 Å². The minimum absolute atomic E-state index is 0.00564. The number of carbonyl (C=O) groups excluding carboxylic acids is 1. The van der Waals surface area contributed by atoms with E-state index in [4.69, 9.17) is 4.74 Å². The molecule has 0 amide bonds. The average Bonchev–Trinajstić information content (AvgIpc) is 2.77. The average molecular weight is 501 g/mol. The molecule has 0 spiro atoms. The number of aromatic amines is 1. The maximum absolute atomic E-state index is 13.4. The summed E-state index contributed by atoms with van der Waals surface area (Å²) in [6.45, 7) is -0.107. The number of pyridine rings is 2. The van der Waals surface area contributed by atoms with Gasteiger partial charge in [-0.15, -0.1) is 0 Å². The zero-order chi connectivity index (χ0) is 25.8. The predicted octanol–water partition coefficient (Wildman–Crippen LogP) is 6.66. The number of halogens is 5. The van der Waals surface area contributed by atoms with Gasteiger partial charge in [-0.1, -0.05) is 19.3 Å². The quantitative estimate of drug-likeness (QED) is 0.368. The number of esters is 1. The molecule has 1 N–H and O–H groups in total. The maximum atomic E-state index is 13.4. The van der Waals surface area contributed by atoms with Crippen molar-refractivity contribution in [3.63, 3.8) is 0 Å². The van der Waals surface area contributed by atoms with Crippen molar-refractivity contribution in [3.8, 4) is 11.3 Å². The van der Waals surface area contributed by atoms with Crippen LogP contribution in [-0.2, 0) is 4.74 Å². The van der Waals surface area contributed by atoms with Crippen LogP contribution in [0.1, 0.15) is 91.0 Å². The van der Waals surface area contributed by atoms with Crippen molar-refractivity contribution in [3.05, 3.63) is 51.1 Å². The number of aryl methyl sites for hydroxylation is 1. The number of hydrogen-bond acceptors (Lipinski definition) is 4. The van der Waals surface area contributed by atoms with E-state index in [2.05, 4.69) is 9.97 Å². The van der Waals surface area contributed by atoms with Gasteiger partial charge in [0.15, 0.2) is 5.43 Å². The van der Waals surface area contributed by atoms with Gasteiger partial charge in [0.1, 0.15) is 5.56 Å². The van der Waals surface area contributed by atoms with Crippen molar-refractivity contribution >= 4 is 5.97 Å². The first-order chi connectivity index (χ1) is 16.5. The van der Waals surface area contributed by atoms with E-state index in [0.29, 0.717) is 23.0 Å². The van der Waals surface area contributed by atoms with E-state index in [0.717, 1.165) is 36.8 Å². The minimum atomic E-state index is -3.67. The molecule has 192 valence electrons. The van der Waals surface area contributed by atoms with Crippen LogP contribution in [0.4, 0.5) is 22.0 Å². The molecule has 2 saturated carbocycles. The number of rotatable bonds is 5. The Balaban J connectivity index is 0.000000795. The number of carbonyl (C=O) groups is 1. The molecule has 2 aromatic heterocycles. The normalized spacial score (nSPS) is 17.9. The van der Waals surface area contributed by atoms with Gasteiger partial charge in [0.25, 0.3) is 0 Å². The molecule has 10 heteroatoms. The van der Waals surface area contributed by atoms with E-state index in [1.165, 1.54) is 12.5 Å². The van der Waals surface area contributed by atoms with Gasteiger partial charge < -0.3 is 9.72 Å². The standard InChI is InChI=1S/C24H28F2N2O3.CHF3/c1-3-31-23(30)22-14(2)28-20(10-21(22)29)18-13-27-19(16-11-24(25,26)12-16)9-17(18)15-7-5-4-6-8-15;2-1(3)4/h9-10,13,15-16H,3-8,11-12H2,1-2H3,(H,28,29);1H. The zero-order valence-electron chi connectivity index (χ0n) is 19.7. The molecule has 4 rings (SSSR count). The summed E-state index contributed by atoms with van der Waals surface area (Å²) in [7, 11) is 0. The highest BCUT2D eigenvalue weighted by molar-refractivity contribution is 5.90. The van der Waals surface area contributed by atoms with Crippen LogP contribution in [0.2, 0.25) is 0 Å². The van der Waals surface area contributed by atoms with Crippen LogP contribution in [-0.4, -0.2) is 35.1 Å². The second kappa shape index (κ2) is 11.3. The Morgan fingerprint density at radius 2 is 1.77 bits per heavy atom. The van der Waals surface area contributed by atoms with Gasteiger partial charge in [-0.05, 0) is 44.2 Å². The Labute approximate surface area is 200 Å². The predicted molar refractivity (Wildman–Crippen MR) is 121 cm³/mol. The summed E-state index contributed by atoms with van der Waals surface area (Å²) in [5.74, 6) is -3.15. The van der Waals surface area contributed by atoms with E-state index in [1.807, 2.05) is 6.07 Å². The molecule has 2 heterocycles. The van der Waals surface area contributed by atoms with Crippen molar-refractivity contribution in [1.82, 2.24) is 9.97 Å². The summed E-state index contributed by atoms with van der Waals surface area (Å²) in [6, 6.07) is 3.39. The summed E-state index contributed by atoms with van der Waals surface area (Å²) in [6.07, 6.45) is 6.89. The lowest BCUT2D eigenvalue weighted by Crippen LogP contribution is -2.34. The first-order valence-electron chi connectivity index (χ1n) is 11.7. The summed E-state index contributed by atoms with van der Waals surface area (Å²) in [4.78, 5) is 32.5. The fourth-order valence-corrected chi connectivity index (χ4v) is 4.85. The molecule has 2 aromatic rings. The summed E-state index contributed by atoms with van der Waals surface area (Å²) < 4.78 is 60.8.